The van der Waals surface area contributed by atoms with Gasteiger partial charge in [0.25, 0.3) is 0 Å². The van der Waals surface area contributed by atoms with Gasteiger partial charge in [0.2, 0.25) is 21.8 Å². The van der Waals surface area contributed by atoms with Crippen molar-refractivity contribution in [1.82, 2.24) is 10.2 Å². The average molecular weight is 516 g/mol. The van der Waals surface area contributed by atoms with Gasteiger partial charge in [0.15, 0.2) is 0 Å². The monoisotopic (exact) mass is 515 g/mol. The lowest BCUT2D eigenvalue weighted by Gasteiger charge is -2.33. The number of nitrogens with one attached hydrogen (secondary N) is 1. The van der Waals surface area contributed by atoms with Crippen molar-refractivity contribution in [3.05, 3.63) is 65.2 Å². The van der Waals surface area contributed by atoms with Gasteiger partial charge in [-0.15, -0.1) is 0 Å². The fourth-order valence-corrected chi connectivity index (χ4v) is 4.72. The quantitative estimate of drug-likeness (QED) is 0.452. The standard InChI is InChI=1S/C28H41N3O4S/c1-8-26(28(33)29-17-20(2)3)30(18-23-11-9-22(6)10-12-23)27(32)19-31(36(7,34)35)25-15-13-24(14-16-25)21(4)5/h9-16,20-21,26H,8,17-19H2,1-7H3,(H,29,33)/t26-/m0/s1. The Morgan fingerprint density at radius 2 is 1.53 bits per heavy atom. The van der Waals surface area contributed by atoms with Crippen molar-refractivity contribution in [3.8, 4) is 0 Å². The Kier molecular flexibility index (Phi) is 10.5. The first-order chi connectivity index (χ1) is 16.8. The summed E-state index contributed by atoms with van der Waals surface area (Å²) in [6, 6.07) is 14.2. The van der Waals surface area contributed by atoms with Gasteiger partial charge in [-0.25, -0.2) is 8.42 Å². The van der Waals surface area contributed by atoms with E-state index in [4.69, 9.17) is 0 Å². The van der Waals surface area contributed by atoms with Gasteiger partial charge in [-0.3, -0.25) is 13.9 Å². The third kappa shape index (κ3) is 8.36. The number of nitrogens with zero attached hydrogens (tertiary/aromatic N) is 2. The summed E-state index contributed by atoms with van der Waals surface area (Å²) in [5.41, 5.74) is 3.46. The number of carbonyl (C=O) groups is 2. The van der Waals surface area contributed by atoms with Crippen LogP contribution in [0.1, 0.15) is 63.6 Å². The number of anilines is 1. The summed E-state index contributed by atoms with van der Waals surface area (Å²) in [7, 11) is -3.75. The van der Waals surface area contributed by atoms with Crippen LogP contribution in [0.4, 0.5) is 5.69 Å². The summed E-state index contributed by atoms with van der Waals surface area (Å²) in [5.74, 6) is -0.103. The third-order valence-corrected chi connectivity index (χ3v) is 7.21. The van der Waals surface area contributed by atoms with Crippen molar-refractivity contribution in [2.24, 2.45) is 5.92 Å². The van der Waals surface area contributed by atoms with E-state index in [9.17, 15) is 18.0 Å². The highest BCUT2D eigenvalue weighted by molar-refractivity contribution is 7.92. The lowest BCUT2D eigenvalue weighted by Crippen LogP contribution is -2.52. The summed E-state index contributed by atoms with van der Waals surface area (Å²) in [5, 5.41) is 2.93. The van der Waals surface area contributed by atoms with E-state index in [2.05, 4.69) is 19.2 Å². The van der Waals surface area contributed by atoms with Gasteiger partial charge in [0.05, 0.1) is 11.9 Å². The largest absolute Gasteiger partial charge is 0.354 e. The highest BCUT2D eigenvalue weighted by Crippen LogP contribution is 2.23. The molecule has 2 aromatic rings. The molecule has 2 rings (SSSR count). The zero-order valence-corrected chi connectivity index (χ0v) is 23.4. The summed E-state index contributed by atoms with van der Waals surface area (Å²) in [6.07, 6.45) is 1.50. The fourth-order valence-electron chi connectivity index (χ4n) is 3.87. The van der Waals surface area contributed by atoms with Crippen LogP contribution in [0.3, 0.4) is 0 Å². The third-order valence-electron chi connectivity index (χ3n) is 6.07. The molecule has 2 amide bonds. The lowest BCUT2D eigenvalue weighted by molar-refractivity contribution is -0.140. The minimum atomic E-state index is -3.75. The molecule has 36 heavy (non-hydrogen) atoms. The van der Waals surface area contributed by atoms with Crippen LogP contribution in [0.15, 0.2) is 48.5 Å². The van der Waals surface area contributed by atoms with Gasteiger partial charge < -0.3 is 10.2 Å². The number of rotatable bonds is 12. The Balaban J connectivity index is 2.41. The van der Waals surface area contributed by atoms with Crippen LogP contribution in [0, 0.1) is 12.8 Å². The maximum absolute atomic E-state index is 13.7. The normalized spacial score (nSPS) is 12.5. The number of sulfonamides is 1. The minimum absolute atomic E-state index is 0.205. The molecular weight excluding hydrogens is 474 g/mol. The fraction of sp³-hybridized carbons (Fsp3) is 0.500. The topological polar surface area (TPSA) is 86.8 Å². The van der Waals surface area contributed by atoms with Crippen LogP contribution in [-0.4, -0.2) is 50.5 Å². The molecule has 0 heterocycles. The minimum Gasteiger partial charge on any atom is -0.354 e. The SMILES string of the molecule is CC[C@@H](C(=O)NCC(C)C)N(Cc1ccc(C)cc1)C(=O)CN(c1ccc(C(C)C)cc1)S(C)(=O)=O. The van der Waals surface area contributed by atoms with E-state index in [1.165, 1.54) is 4.90 Å². The van der Waals surface area contributed by atoms with Crippen molar-refractivity contribution in [2.75, 3.05) is 23.7 Å². The average Bonchev–Trinajstić information content (AvgIpc) is 2.81. The zero-order chi connectivity index (χ0) is 27.0. The molecule has 0 aliphatic heterocycles. The summed E-state index contributed by atoms with van der Waals surface area (Å²) >= 11 is 0. The van der Waals surface area contributed by atoms with Gasteiger partial charge in [0.1, 0.15) is 12.6 Å². The Bertz CT molecular complexity index is 1110. The molecule has 0 aliphatic carbocycles. The van der Waals surface area contributed by atoms with Crippen LogP contribution in [-0.2, 0) is 26.2 Å². The summed E-state index contributed by atoms with van der Waals surface area (Å²) in [4.78, 5) is 28.3. The van der Waals surface area contributed by atoms with Crippen molar-refractivity contribution < 1.29 is 18.0 Å². The van der Waals surface area contributed by atoms with E-state index in [0.717, 1.165) is 27.3 Å². The van der Waals surface area contributed by atoms with Crippen molar-refractivity contribution in [3.63, 3.8) is 0 Å². The van der Waals surface area contributed by atoms with Crippen LogP contribution in [0.2, 0.25) is 0 Å². The highest BCUT2D eigenvalue weighted by Gasteiger charge is 2.31. The maximum atomic E-state index is 13.7. The molecule has 0 aromatic heterocycles. The van der Waals surface area contributed by atoms with Gasteiger partial charge in [0, 0.05) is 13.1 Å². The molecule has 0 radical (unpaired) electrons. The Morgan fingerprint density at radius 1 is 0.944 bits per heavy atom. The second-order valence-corrected chi connectivity index (χ2v) is 12.0. The Morgan fingerprint density at radius 3 is 2.00 bits per heavy atom. The summed E-state index contributed by atoms with van der Waals surface area (Å²) < 4.78 is 26.6. The number of benzene rings is 2. The smallest absolute Gasteiger partial charge is 0.244 e. The van der Waals surface area contributed by atoms with E-state index in [1.54, 1.807) is 12.1 Å². The van der Waals surface area contributed by atoms with Gasteiger partial charge in [-0.1, -0.05) is 76.6 Å². The first-order valence-corrected chi connectivity index (χ1v) is 14.4. The second-order valence-electron chi connectivity index (χ2n) is 10.1. The molecule has 198 valence electrons. The first-order valence-electron chi connectivity index (χ1n) is 12.5. The van der Waals surface area contributed by atoms with Crippen molar-refractivity contribution in [1.29, 1.82) is 0 Å². The molecule has 0 bridgehead atoms. The van der Waals surface area contributed by atoms with Crippen LogP contribution in [0.25, 0.3) is 0 Å². The number of hydrogen-bond acceptors (Lipinski definition) is 4. The van der Waals surface area contributed by atoms with E-state index in [0.29, 0.717) is 24.6 Å². The molecule has 0 fully saturated rings. The Hall–Kier alpha value is -2.87. The van der Waals surface area contributed by atoms with E-state index in [-0.39, 0.29) is 24.9 Å². The molecule has 0 unspecified atom stereocenters. The van der Waals surface area contributed by atoms with Gasteiger partial charge >= 0.3 is 0 Å². The van der Waals surface area contributed by atoms with Gasteiger partial charge in [-0.05, 0) is 48.4 Å². The van der Waals surface area contributed by atoms with E-state index in [1.807, 2.05) is 64.1 Å². The van der Waals surface area contributed by atoms with E-state index < -0.39 is 22.0 Å². The van der Waals surface area contributed by atoms with Gasteiger partial charge in [-0.2, -0.15) is 0 Å². The predicted molar refractivity (Wildman–Crippen MR) is 146 cm³/mol. The Labute approximate surface area is 216 Å². The zero-order valence-electron chi connectivity index (χ0n) is 22.6. The van der Waals surface area contributed by atoms with E-state index >= 15 is 0 Å². The molecule has 1 atom stereocenters. The molecule has 7 nitrogen and oxygen atoms in total. The second kappa shape index (κ2) is 12.9. The number of carbonyl (C=O) groups excluding carboxylic acids is 2. The van der Waals surface area contributed by atoms with Crippen LogP contribution < -0.4 is 9.62 Å². The number of amides is 2. The first kappa shape index (κ1) is 29.4. The molecule has 0 aliphatic rings. The molecular formula is C28H41N3O4S. The highest BCUT2D eigenvalue weighted by atomic mass is 32.2. The summed E-state index contributed by atoms with van der Waals surface area (Å²) in [6.45, 7) is 12.3. The molecule has 0 saturated heterocycles. The number of aryl methyl sites for hydroxylation is 1. The molecule has 2 aromatic carbocycles. The number of hydrogen-bond donors (Lipinski definition) is 1. The predicted octanol–water partition coefficient (Wildman–Crippen LogP) is 4.46. The maximum Gasteiger partial charge on any atom is 0.244 e. The van der Waals surface area contributed by atoms with Crippen LogP contribution >= 0.6 is 0 Å². The molecule has 0 spiro atoms. The van der Waals surface area contributed by atoms with Crippen molar-refractivity contribution in [2.45, 2.75) is 66.5 Å². The molecule has 1 N–H and O–H groups in total. The van der Waals surface area contributed by atoms with Crippen molar-refractivity contribution >= 4 is 27.5 Å². The van der Waals surface area contributed by atoms with Crippen LogP contribution in [0.5, 0.6) is 0 Å². The molecule has 8 heteroatoms. The molecule has 0 saturated carbocycles. The lowest BCUT2D eigenvalue weighted by atomic mass is 10.0.